The summed E-state index contributed by atoms with van der Waals surface area (Å²) in [6, 6.07) is 11.2. The molecule has 2 atom stereocenters. The summed E-state index contributed by atoms with van der Waals surface area (Å²) in [4.78, 5) is 0. The molecule has 0 aromatic heterocycles. The van der Waals surface area contributed by atoms with E-state index in [2.05, 4.69) is 49.6 Å². The van der Waals surface area contributed by atoms with Gasteiger partial charge < -0.3 is 0 Å². The summed E-state index contributed by atoms with van der Waals surface area (Å²) >= 11 is 0. The van der Waals surface area contributed by atoms with Crippen molar-refractivity contribution in [2.75, 3.05) is 0 Å². The maximum Gasteiger partial charge on any atom is 0.0332 e. The highest BCUT2D eigenvalue weighted by molar-refractivity contribution is 5.34. The second-order valence-electron chi connectivity index (χ2n) is 5.05. The normalized spacial score (nSPS) is 21.4. The van der Waals surface area contributed by atoms with Gasteiger partial charge in [-0.15, -0.1) is 0 Å². The van der Waals surface area contributed by atoms with Crippen LogP contribution in [0.25, 0.3) is 0 Å². The molecular formula is C14H22N2. The second-order valence-corrected chi connectivity index (χ2v) is 5.05. The van der Waals surface area contributed by atoms with Crippen molar-refractivity contribution in [3.63, 3.8) is 0 Å². The van der Waals surface area contributed by atoms with Crippen LogP contribution < -0.4 is 11.3 Å². The molecule has 2 nitrogen and oxygen atoms in total. The van der Waals surface area contributed by atoms with Gasteiger partial charge in [0.15, 0.2) is 0 Å². The van der Waals surface area contributed by atoms with Gasteiger partial charge in [0.25, 0.3) is 0 Å². The topological polar surface area (TPSA) is 38.0 Å². The van der Waals surface area contributed by atoms with Crippen LogP contribution in [0.1, 0.15) is 38.7 Å². The fourth-order valence-electron chi connectivity index (χ4n) is 2.79. The van der Waals surface area contributed by atoms with Crippen LogP contribution in [-0.4, -0.2) is 6.04 Å². The quantitative estimate of drug-likeness (QED) is 0.589. The molecule has 1 aromatic carbocycles. The number of rotatable bonds is 5. The van der Waals surface area contributed by atoms with Crippen LogP contribution in [0.5, 0.6) is 0 Å². The van der Waals surface area contributed by atoms with Gasteiger partial charge in [0.2, 0.25) is 0 Å². The smallest absolute Gasteiger partial charge is 0.0332 e. The van der Waals surface area contributed by atoms with Gasteiger partial charge in [0.1, 0.15) is 0 Å². The zero-order valence-electron chi connectivity index (χ0n) is 10.2. The lowest BCUT2D eigenvalue weighted by Crippen LogP contribution is -2.48. The fourth-order valence-corrected chi connectivity index (χ4v) is 2.79. The number of hydrogen-bond acceptors (Lipinski definition) is 2. The first-order chi connectivity index (χ1) is 7.74. The molecule has 1 aliphatic rings. The third-order valence-corrected chi connectivity index (χ3v) is 4.13. The van der Waals surface area contributed by atoms with E-state index in [0.29, 0.717) is 17.4 Å². The van der Waals surface area contributed by atoms with Crippen molar-refractivity contribution < 1.29 is 0 Å². The molecule has 0 aliphatic heterocycles. The zero-order chi connectivity index (χ0) is 11.6. The molecule has 88 valence electrons. The highest BCUT2D eigenvalue weighted by Crippen LogP contribution is 2.52. The summed E-state index contributed by atoms with van der Waals surface area (Å²) in [5.74, 6) is 6.38. The number of benzene rings is 1. The van der Waals surface area contributed by atoms with Gasteiger partial charge >= 0.3 is 0 Å². The minimum atomic E-state index is 0.297. The average Bonchev–Trinajstić information content (AvgIpc) is 3.12. The number of nitrogens with two attached hydrogens (primary N) is 1. The predicted octanol–water partition coefficient (Wildman–Crippen LogP) is 2.60. The second kappa shape index (κ2) is 4.56. The van der Waals surface area contributed by atoms with E-state index >= 15 is 0 Å². The van der Waals surface area contributed by atoms with Gasteiger partial charge in [-0.2, -0.15) is 0 Å². The van der Waals surface area contributed by atoms with Crippen LogP contribution in [0.4, 0.5) is 0 Å². The van der Waals surface area contributed by atoms with Gasteiger partial charge in [0.05, 0.1) is 0 Å². The van der Waals surface area contributed by atoms with Gasteiger partial charge in [-0.25, -0.2) is 0 Å². The van der Waals surface area contributed by atoms with E-state index in [4.69, 9.17) is 5.84 Å². The van der Waals surface area contributed by atoms with Gasteiger partial charge in [-0.3, -0.25) is 11.3 Å². The Morgan fingerprint density at radius 2 is 1.94 bits per heavy atom. The summed E-state index contributed by atoms with van der Waals surface area (Å²) in [5, 5.41) is 0. The molecule has 0 bridgehead atoms. The lowest BCUT2D eigenvalue weighted by atomic mass is 9.81. The highest BCUT2D eigenvalue weighted by atomic mass is 15.2. The van der Waals surface area contributed by atoms with E-state index in [1.165, 1.54) is 24.8 Å². The lowest BCUT2D eigenvalue weighted by Gasteiger charge is -2.31. The Morgan fingerprint density at radius 3 is 2.38 bits per heavy atom. The van der Waals surface area contributed by atoms with Crippen molar-refractivity contribution >= 4 is 0 Å². The minimum Gasteiger partial charge on any atom is -0.271 e. The molecule has 0 saturated heterocycles. The summed E-state index contributed by atoms with van der Waals surface area (Å²) in [6.45, 7) is 4.52. The SMILES string of the molecule is CCC(C)C(NN)C1(c2ccccc2)CC1. The summed E-state index contributed by atoms with van der Waals surface area (Å²) in [6.07, 6.45) is 3.69. The molecule has 16 heavy (non-hydrogen) atoms. The van der Waals surface area contributed by atoms with Crippen molar-refractivity contribution in [3.05, 3.63) is 35.9 Å². The maximum absolute atomic E-state index is 5.76. The van der Waals surface area contributed by atoms with Gasteiger partial charge in [0, 0.05) is 11.5 Å². The Bertz CT molecular complexity index is 330. The van der Waals surface area contributed by atoms with Crippen LogP contribution >= 0.6 is 0 Å². The molecule has 0 radical (unpaired) electrons. The van der Waals surface area contributed by atoms with Crippen LogP contribution in [0, 0.1) is 5.92 Å². The van der Waals surface area contributed by atoms with E-state index in [0.717, 1.165) is 0 Å². The Kier molecular flexibility index (Phi) is 3.31. The van der Waals surface area contributed by atoms with Crippen LogP contribution in [0.15, 0.2) is 30.3 Å². The molecule has 3 N–H and O–H groups in total. The van der Waals surface area contributed by atoms with E-state index in [1.54, 1.807) is 0 Å². The fraction of sp³-hybridized carbons (Fsp3) is 0.571. The number of hydrogen-bond donors (Lipinski definition) is 2. The largest absolute Gasteiger partial charge is 0.271 e. The van der Waals surface area contributed by atoms with Crippen molar-refractivity contribution in [2.24, 2.45) is 11.8 Å². The first kappa shape index (κ1) is 11.6. The van der Waals surface area contributed by atoms with E-state index in [-0.39, 0.29) is 0 Å². The molecule has 1 saturated carbocycles. The zero-order valence-corrected chi connectivity index (χ0v) is 10.2. The summed E-state index contributed by atoms with van der Waals surface area (Å²) < 4.78 is 0. The first-order valence-electron chi connectivity index (χ1n) is 6.26. The molecule has 0 amide bonds. The number of hydrazine groups is 1. The average molecular weight is 218 g/mol. The van der Waals surface area contributed by atoms with Crippen molar-refractivity contribution in [2.45, 2.75) is 44.6 Å². The molecule has 1 aliphatic carbocycles. The predicted molar refractivity (Wildman–Crippen MR) is 67.9 cm³/mol. The molecule has 2 rings (SSSR count). The van der Waals surface area contributed by atoms with Crippen molar-refractivity contribution in [1.82, 2.24) is 5.43 Å². The number of nitrogens with one attached hydrogen (secondary N) is 1. The Labute approximate surface area is 98.2 Å². The van der Waals surface area contributed by atoms with Gasteiger partial charge in [-0.1, -0.05) is 50.6 Å². The third kappa shape index (κ3) is 1.87. The van der Waals surface area contributed by atoms with Crippen LogP contribution in [0.2, 0.25) is 0 Å². The Hall–Kier alpha value is -0.860. The molecule has 1 aromatic rings. The van der Waals surface area contributed by atoms with Crippen molar-refractivity contribution in [1.29, 1.82) is 0 Å². The summed E-state index contributed by atoms with van der Waals surface area (Å²) in [7, 11) is 0. The van der Waals surface area contributed by atoms with Crippen LogP contribution in [-0.2, 0) is 5.41 Å². The Balaban J connectivity index is 2.25. The molecule has 0 spiro atoms. The van der Waals surface area contributed by atoms with E-state index in [9.17, 15) is 0 Å². The monoisotopic (exact) mass is 218 g/mol. The molecule has 2 heteroatoms. The van der Waals surface area contributed by atoms with Crippen molar-refractivity contribution in [3.8, 4) is 0 Å². The lowest BCUT2D eigenvalue weighted by molar-refractivity contribution is 0.306. The molecule has 2 unspecified atom stereocenters. The molecule has 1 fully saturated rings. The first-order valence-corrected chi connectivity index (χ1v) is 6.26. The minimum absolute atomic E-state index is 0.297. The van der Waals surface area contributed by atoms with Gasteiger partial charge in [-0.05, 0) is 24.3 Å². The van der Waals surface area contributed by atoms with Crippen LogP contribution in [0.3, 0.4) is 0 Å². The molecular weight excluding hydrogens is 196 g/mol. The molecule has 0 heterocycles. The third-order valence-electron chi connectivity index (χ3n) is 4.13. The summed E-state index contributed by atoms with van der Waals surface area (Å²) in [5.41, 5.74) is 4.79. The van der Waals surface area contributed by atoms with E-state index in [1.807, 2.05) is 0 Å². The maximum atomic E-state index is 5.76. The highest BCUT2D eigenvalue weighted by Gasteiger charge is 2.51. The van der Waals surface area contributed by atoms with E-state index < -0.39 is 0 Å². The standard InChI is InChI=1S/C14H22N2/c1-3-11(2)13(16-15)14(9-10-14)12-7-5-4-6-8-12/h4-8,11,13,16H,3,9-10,15H2,1-2H3. The Morgan fingerprint density at radius 1 is 1.31 bits per heavy atom.